The number of para-hydroxylation sites is 1. The molecule has 0 atom stereocenters. The van der Waals surface area contributed by atoms with Gasteiger partial charge in [-0.25, -0.2) is 9.97 Å². The van der Waals surface area contributed by atoms with Crippen LogP contribution in [-0.4, -0.2) is 46.7 Å². The van der Waals surface area contributed by atoms with Gasteiger partial charge in [-0.1, -0.05) is 18.2 Å². The number of carbonyl (C=O) groups is 1. The molecule has 0 saturated carbocycles. The van der Waals surface area contributed by atoms with Crippen molar-refractivity contribution in [3.8, 4) is 11.3 Å². The number of ether oxygens (including phenoxy) is 1. The molecule has 31 heavy (non-hydrogen) atoms. The molecule has 2 aromatic carbocycles. The fraction of sp³-hybridized carbons (Fsp3) is 0.208. The van der Waals surface area contributed by atoms with E-state index in [1.807, 2.05) is 48.7 Å². The number of morpholine rings is 1. The van der Waals surface area contributed by atoms with E-state index in [9.17, 15) is 4.79 Å². The largest absolute Gasteiger partial charge is 0.378 e. The van der Waals surface area contributed by atoms with Gasteiger partial charge in [0.1, 0.15) is 0 Å². The molecular formula is C24H23N5O2. The second-order valence-corrected chi connectivity index (χ2v) is 7.49. The topological polar surface area (TPSA) is 72.3 Å². The normalized spacial score (nSPS) is 14.0. The summed E-state index contributed by atoms with van der Waals surface area (Å²) >= 11 is 0. The fourth-order valence-corrected chi connectivity index (χ4v) is 3.92. The third-order valence-corrected chi connectivity index (χ3v) is 5.48. The maximum atomic E-state index is 12.1. The minimum atomic E-state index is -0.0322. The Labute approximate surface area is 180 Å². The summed E-state index contributed by atoms with van der Waals surface area (Å²) in [5.74, 6) is 0.478. The van der Waals surface area contributed by atoms with Crippen molar-refractivity contribution in [1.82, 2.24) is 14.5 Å². The summed E-state index contributed by atoms with van der Waals surface area (Å²) in [5.41, 5.74) is 4.63. The Kier molecular flexibility index (Phi) is 5.09. The zero-order chi connectivity index (χ0) is 21.2. The van der Waals surface area contributed by atoms with E-state index in [1.54, 1.807) is 17.7 Å². The SMILES string of the molecule is CC(=O)n1cc(-c2ccnc(Nc3ccc(N4CCOCC4)cc3)n2)c2ccccc21. The van der Waals surface area contributed by atoms with Crippen molar-refractivity contribution in [2.45, 2.75) is 6.92 Å². The number of carbonyl (C=O) groups excluding carboxylic acids is 1. The van der Waals surface area contributed by atoms with Crippen LogP contribution in [0.1, 0.15) is 11.7 Å². The second kappa shape index (κ2) is 8.20. The van der Waals surface area contributed by atoms with Crippen molar-refractivity contribution in [3.05, 3.63) is 67.0 Å². The standard InChI is InChI=1S/C24H23N5O2/c1-17(30)29-16-21(20-4-2-3-5-23(20)29)22-10-11-25-24(27-22)26-18-6-8-19(9-7-18)28-12-14-31-15-13-28/h2-11,16H,12-15H2,1H3,(H,25,26,27). The average Bonchev–Trinajstić information content (AvgIpc) is 3.21. The molecule has 0 radical (unpaired) electrons. The van der Waals surface area contributed by atoms with Crippen molar-refractivity contribution in [1.29, 1.82) is 0 Å². The van der Waals surface area contributed by atoms with Crippen LogP contribution < -0.4 is 10.2 Å². The highest BCUT2D eigenvalue weighted by atomic mass is 16.5. The van der Waals surface area contributed by atoms with Gasteiger partial charge >= 0.3 is 0 Å². The molecule has 4 aromatic rings. The molecule has 1 saturated heterocycles. The van der Waals surface area contributed by atoms with Crippen LogP contribution in [0.2, 0.25) is 0 Å². The lowest BCUT2D eigenvalue weighted by Crippen LogP contribution is -2.36. The Balaban J connectivity index is 1.41. The molecule has 5 rings (SSSR count). The molecule has 7 heteroatoms. The zero-order valence-electron chi connectivity index (χ0n) is 17.3. The summed E-state index contributed by atoms with van der Waals surface area (Å²) in [4.78, 5) is 23.4. The van der Waals surface area contributed by atoms with Gasteiger partial charge in [-0.05, 0) is 36.4 Å². The molecule has 1 aliphatic rings. The van der Waals surface area contributed by atoms with Crippen molar-refractivity contribution in [2.24, 2.45) is 0 Å². The van der Waals surface area contributed by atoms with Crippen molar-refractivity contribution < 1.29 is 9.53 Å². The summed E-state index contributed by atoms with van der Waals surface area (Å²) in [6.07, 6.45) is 3.57. The summed E-state index contributed by atoms with van der Waals surface area (Å²) in [5, 5.41) is 4.27. The lowest BCUT2D eigenvalue weighted by Gasteiger charge is -2.28. The van der Waals surface area contributed by atoms with Crippen LogP contribution in [0.5, 0.6) is 0 Å². The number of rotatable bonds is 4. The number of anilines is 3. The Morgan fingerprint density at radius 2 is 1.81 bits per heavy atom. The first kappa shape index (κ1) is 19.3. The summed E-state index contributed by atoms with van der Waals surface area (Å²) in [7, 11) is 0. The van der Waals surface area contributed by atoms with E-state index in [4.69, 9.17) is 9.72 Å². The minimum absolute atomic E-state index is 0.0322. The van der Waals surface area contributed by atoms with Crippen LogP contribution in [0, 0.1) is 0 Å². The molecule has 156 valence electrons. The minimum Gasteiger partial charge on any atom is -0.378 e. The van der Waals surface area contributed by atoms with Gasteiger partial charge in [-0.15, -0.1) is 0 Å². The molecular weight excluding hydrogens is 390 g/mol. The van der Waals surface area contributed by atoms with Crippen molar-refractivity contribution >= 4 is 34.1 Å². The van der Waals surface area contributed by atoms with Gasteiger partial charge in [0.05, 0.1) is 24.4 Å². The maximum Gasteiger partial charge on any atom is 0.227 e. The lowest BCUT2D eigenvalue weighted by molar-refractivity contribution is 0.0941. The Morgan fingerprint density at radius 1 is 1.03 bits per heavy atom. The molecule has 0 aliphatic carbocycles. The zero-order valence-corrected chi connectivity index (χ0v) is 17.3. The van der Waals surface area contributed by atoms with Crippen LogP contribution in [0.3, 0.4) is 0 Å². The van der Waals surface area contributed by atoms with E-state index < -0.39 is 0 Å². The molecule has 0 amide bonds. The number of nitrogens with one attached hydrogen (secondary N) is 1. The summed E-state index contributed by atoms with van der Waals surface area (Å²) < 4.78 is 7.08. The van der Waals surface area contributed by atoms with E-state index in [0.29, 0.717) is 5.95 Å². The molecule has 2 aromatic heterocycles. The molecule has 3 heterocycles. The van der Waals surface area contributed by atoms with Crippen LogP contribution >= 0.6 is 0 Å². The molecule has 0 unspecified atom stereocenters. The lowest BCUT2D eigenvalue weighted by atomic mass is 10.1. The van der Waals surface area contributed by atoms with Gasteiger partial charge in [-0.3, -0.25) is 9.36 Å². The van der Waals surface area contributed by atoms with Gasteiger partial charge in [-0.2, -0.15) is 0 Å². The maximum absolute atomic E-state index is 12.1. The van der Waals surface area contributed by atoms with Crippen molar-refractivity contribution in [2.75, 3.05) is 36.5 Å². The van der Waals surface area contributed by atoms with Gasteiger partial charge in [0.15, 0.2) is 0 Å². The number of hydrogen-bond donors (Lipinski definition) is 1. The van der Waals surface area contributed by atoms with E-state index in [1.165, 1.54) is 5.69 Å². The van der Waals surface area contributed by atoms with Crippen LogP contribution in [0.4, 0.5) is 17.3 Å². The molecule has 0 spiro atoms. The third kappa shape index (κ3) is 3.87. The van der Waals surface area contributed by atoms with E-state index in [2.05, 4.69) is 27.3 Å². The number of hydrogen-bond acceptors (Lipinski definition) is 6. The Hall–Kier alpha value is -3.71. The Morgan fingerprint density at radius 3 is 2.58 bits per heavy atom. The van der Waals surface area contributed by atoms with Gasteiger partial charge in [0.25, 0.3) is 0 Å². The fourth-order valence-electron chi connectivity index (χ4n) is 3.92. The number of fused-ring (bicyclic) bond motifs is 1. The van der Waals surface area contributed by atoms with E-state index >= 15 is 0 Å². The number of benzene rings is 2. The van der Waals surface area contributed by atoms with Gasteiger partial charge < -0.3 is 15.0 Å². The quantitative estimate of drug-likeness (QED) is 0.537. The molecule has 1 N–H and O–H groups in total. The number of aromatic nitrogens is 3. The smallest absolute Gasteiger partial charge is 0.227 e. The van der Waals surface area contributed by atoms with E-state index in [-0.39, 0.29) is 5.91 Å². The predicted molar refractivity (Wildman–Crippen MR) is 122 cm³/mol. The average molecular weight is 413 g/mol. The Bertz CT molecular complexity index is 1230. The van der Waals surface area contributed by atoms with E-state index in [0.717, 1.165) is 54.2 Å². The van der Waals surface area contributed by atoms with Crippen LogP contribution in [-0.2, 0) is 4.74 Å². The monoisotopic (exact) mass is 413 g/mol. The summed E-state index contributed by atoms with van der Waals surface area (Å²) in [6.45, 7) is 4.91. The first-order chi connectivity index (χ1) is 15.2. The molecule has 0 bridgehead atoms. The first-order valence-electron chi connectivity index (χ1n) is 10.3. The molecule has 1 aliphatic heterocycles. The predicted octanol–water partition coefficient (Wildman–Crippen LogP) is 4.34. The van der Waals surface area contributed by atoms with Gasteiger partial charge in [0.2, 0.25) is 11.9 Å². The first-order valence-corrected chi connectivity index (χ1v) is 10.3. The van der Waals surface area contributed by atoms with Crippen molar-refractivity contribution in [3.63, 3.8) is 0 Å². The molecule has 7 nitrogen and oxygen atoms in total. The van der Waals surface area contributed by atoms with Crippen LogP contribution in [0.15, 0.2) is 67.0 Å². The number of nitrogens with zero attached hydrogens (tertiary/aromatic N) is 4. The highest BCUT2D eigenvalue weighted by Gasteiger charge is 2.14. The highest BCUT2D eigenvalue weighted by Crippen LogP contribution is 2.30. The highest BCUT2D eigenvalue weighted by molar-refractivity contribution is 6.00. The second-order valence-electron chi connectivity index (χ2n) is 7.49. The van der Waals surface area contributed by atoms with Crippen LogP contribution in [0.25, 0.3) is 22.2 Å². The third-order valence-electron chi connectivity index (χ3n) is 5.48. The molecule has 1 fully saturated rings. The van der Waals surface area contributed by atoms with Gasteiger partial charge in [0, 0.05) is 54.7 Å². The summed E-state index contributed by atoms with van der Waals surface area (Å²) in [6, 6.07) is 18.0.